The van der Waals surface area contributed by atoms with Gasteiger partial charge >= 0.3 is 0 Å². The molecule has 1 atom stereocenters. The van der Waals surface area contributed by atoms with E-state index in [-0.39, 0.29) is 0 Å². The molecule has 2 aromatic rings. The Balaban J connectivity index is 1.78. The Morgan fingerprint density at radius 2 is 2.25 bits per heavy atom. The molecule has 80 valence electrons. The molecule has 0 amide bonds. The van der Waals surface area contributed by atoms with E-state index in [0.717, 1.165) is 17.8 Å². The van der Waals surface area contributed by atoms with Gasteiger partial charge in [-0.05, 0) is 23.6 Å². The molecule has 1 aliphatic heterocycles. The number of hydrogen-bond acceptors (Lipinski definition) is 4. The van der Waals surface area contributed by atoms with Crippen LogP contribution in [0.3, 0.4) is 0 Å². The number of nitrogens with one attached hydrogen (secondary N) is 1. The van der Waals surface area contributed by atoms with E-state index in [9.17, 15) is 0 Å². The number of pyridine rings is 1. The number of thiophene rings is 1. The molecule has 2 aromatic heterocycles. The number of rotatable bonds is 2. The quantitative estimate of drug-likeness (QED) is 0.859. The number of hydrazone groups is 1. The summed E-state index contributed by atoms with van der Waals surface area (Å²) in [5.41, 5.74) is 5.17. The summed E-state index contributed by atoms with van der Waals surface area (Å²) in [6.45, 7) is 0. The van der Waals surface area contributed by atoms with Gasteiger partial charge in [-0.2, -0.15) is 5.10 Å². The highest BCUT2D eigenvalue weighted by Crippen LogP contribution is 2.26. The molecule has 3 nitrogen and oxygen atoms in total. The van der Waals surface area contributed by atoms with Gasteiger partial charge in [-0.1, -0.05) is 12.1 Å². The van der Waals surface area contributed by atoms with Gasteiger partial charge in [0.25, 0.3) is 0 Å². The van der Waals surface area contributed by atoms with Crippen LogP contribution in [0.2, 0.25) is 0 Å². The third kappa shape index (κ3) is 1.72. The normalized spacial score (nSPS) is 19.2. The van der Waals surface area contributed by atoms with E-state index in [4.69, 9.17) is 0 Å². The third-order valence-electron chi connectivity index (χ3n) is 2.60. The van der Waals surface area contributed by atoms with Crippen molar-refractivity contribution in [3.63, 3.8) is 0 Å². The lowest BCUT2D eigenvalue weighted by molar-refractivity contribution is 0.630. The minimum absolute atomic E-state index is 0.317. The molecule has 0 saturated carbocycles. The average molecular weight is 229 g/mol. The van der Waals surface area contributed by atoms with E-state index in [2.05, 4.69) is 33.0 Å². The van der Waals surface area contributed by atoms with E-state index < -0.39 is 0 Å². The lowest BCUT2D eigenvalue weighted by Crippen LogP contribution is -2.08. The lowest BCUT2D eigenvalue weighted by Gasteiger charge is -2.05. The van der Waals surface area contributed by atoms with Crippen LogP contribution in [0.25, 0.3) is 0 Å². The molecule has 0 spiro atoms. The zero-order chi connectivity index (χ0) is 10.8. The summed E-state index contributed by atoms with van der Waals surface area (Å²) in [5, 5.41) is 6.45. The molecule has 3 rings (SSSR count). The van der Waals surface area contributed by atoms with E-state index >= 15 is 0 Å². The second-order valence-electron chi connectivity index (χ2n) is 3.67. The van der Waals surface area contributed by atoms with E-state index in [1.165, 1.54) is 4.88 Å². The van der Waals surface area contributed by atoms with Gasteiger partial charge in [0, 0.05) is 17.5 Å². The SMILES string of the molecule is c1ccc(C2=NNC(c3cccs3)C2)nc1. The smallest absolute Gasteiger partial charge is 0.0883 e. The van der Waals surface area contributed by atoms with Crippen LogP contribution in [0.15, 0.2) is 47.0 Å². The van der Waals surface area contributed by atoms with Crippen molar-refractivity contribution in [2.45, 2.75) is 12.5 Å². The van der Waals surface area contributed by atoms with E-state index in [1.54, 1.807) is 17.5 Å². The number of nitrogens with zero attached hydrogens (tertiary/aromatic N) is 2. The Hall–Kier alpha value is -1.68. The fourth-order valence-corrected chi connectivity index (χ4v) is 2.56. The van der Waals surface area contributed by atoms with Gasteiger partial charge in [0.2, 0.25) is 0 Å². The molecular weight excluding hydrogens is 218 g/mol. The monoisotopic (exact) mass is 229 g/mol. The summed E-state index contributed by atoms with van der Waals surface area (Å²) in [6, 6.07) is 10.4. The van der Waals surface area contributed by atoms with Crippen molar-refractivity contribution in [1.82, 2.24) is 10.4 Å². The minimum atomic E-state index is 0.317. The van der Waals surface area contributed by atoms with Gasteiger partial charge in [0.05, 0.1) is 17.4 Å². The summed E-state index contributed by atoms with van der Waals surface area (Å²) < 4.78 is 0. The summed E-state index contributed by atoms with van der Waals surface area (Å²) in [6.07, 6.45) is 2.72. The molecule has 3 heterocycles. The van der Waals surface area contributed by atoms with Crippen LogP contribution >= 0.6 is 11.3 Å². The highest BCUT2D eigenvalue weighted by atomic mass is 32.1. The molecule has 16 heavy (non-hydrogen) atoms. The minimum Gasteiger partial charge on any atom is -0.301 e. The van der Waals surface area contributed by atoms with Gasteiger partial charge in [-0.3, -0.25) is 4.98 Å². The van der Waals surface area contributed by atoms with Gasteiger partial charge in [0.15, 0.2) is 0 Å². The fourth-order valence-electron chi connectivity index (χ4n) is 1.79. The van der Waals surface area contributed by atoms with E-state index in [1.807, 2.05) is 18.2 Å². The number of aromatic nitrogens is 1. The van der Waals surface area contributed by atoms with Crippen LogP contribution in [0.4, 0.5) is 0 Å². The summed E-state index contributed by atoms with van der Waals surface area (Å²) in [4.78, 5) is 5.64. The van der Waals surface area contributed by atoms with Gasteiger partial charge in [0.1, 0.15) is 0 Å². The van der Waals surface area contributed by atoms with Crippen molar-refractivity contribution in [2.75, 3.05) is 0 Å². The van der Waals surface area contributed by atoms with Crippen molar-refractivity contribution in [3.05, 3.63) is 52.5 Å². The van der Waals surface area contributed by atoms with Crippen LogP contribution in [-0.2, 0) is 0 Å². The average Bonchev–Trinajstić information content (AvgIpc) is 3.01. The predicted molar refractivity (Wildman–Crippen MR) is 65.6 cm³/mol. The zero-order valence-electron chi connectivity index (χ0n) is 8.63. The predicted octanol–water partition coefficient (Wildman–Crippen LogP) is 2.58. The molecule has 0 saturated heterocycles. The van der Waals surface area contributed by atoms with Crippen LogP contribution in [-0.4, -0.2) is 10.7 Å². The van der Waals surface area contributed by atoms with Crippen LogP contribution in [0, 0.1) is 0 Å². The highest BCUT2D eigenvalue weighted by Gasteiger charge is 2.22. The lowest BCUT2D eigenvalue weighted by atomic mass is 10.1. The Labute approximate surface area is 97.9 Å². The van der Waals surface area contributed by atoms with Crippen LogP contribution in [0.1, 0.15) is 23.0 Å². The molecule has 0 bridgehead atoms. The Morgan fingerprint density at radius 1 is 1.25 bits per heavy atom. The highest BCUT2D eigenvalue weighted by molar-refractivity contribution is 7.10. The largest absolute Gasteiger partial charge is 0.301 e. The first-order chi connectivity index (χ1) is 7.93. The van der Waals surface area contributed by atoms with Gasteiger partial charge < -0.3 is 5.43 Å². The molecular formula is C12H11N3S. The fraction of sp³-hybridized carbons (Fsp3) is 0.167. The molecule has 1 N–H and O–H groups in total. The molecule has 1 unspecified atom stereocenters. The summed E-state index contributed by atoms with van der Waals surface area (Å²) >= 11 is 1.76. The molecule has 0 fully saturated rings. The molecule has 0 aromatic carbocycles. The second-order valence-corrected chi connectivity index (χ2v) is 4.65. The van der Waals surface area contributed by atoms with Crippen molar-refractivity contribution < 1.29 is 0 Å². The maximum absolute atomic E-state index is 4.35. The number of hydrogen-bond donors (Lipinski definition) is 1. The third-order valence-corrected chi connectivity index (χ3v) is 3.59. The van der Waals surface area contributed by atoms with Crippen LogP contribution in [0.5, 0.6) is 0 Å². The van der Waals surface area contributed by atoms with Crippen molar-refractivity contribution in [1.29, 1.82) is 0 Å². The topological polar surface area (TPSA) is 37.3 Å². The van der Waals surface area contributed by atoms with Gasteiger partial charge in [-0.25, -0.2) is 0 Å². The Morgan fingerprint density at radius 3 is 3.00 bits per heavy atom. The first-order valence-corrected chi connectivity index (χ1v) is 6.08. The van der Waals surface area contributed by atoms with Crippen LogP contribution < -0.4 is 5.43 Å². The Kier molecular flexibility index (Phi) is 2.42. The van der Waals surface area contributed by atoms with Crippen molar-refractivity contribution >= 4 is 17.0 Å². The first-order valence-electron chi connectivity index (χ1n) is 5.20. The maximum atomic E-state index is 4.35. The first kappa shape index (κ1) is 9.54. The van der Waals surface area contributed by atoms with Gasteiger partial charge in [-0.15, -0.1) is 11.3 Å². The molecule has 1 aliphatic rings. The standard InChI is InChI=1S/C12H11N3S/c1-2-6-13-9(4-1)10-8-11(15-14-10)12-5-3-7-16-12/h1-7,11,15H,8H2. The summed E-state index contributed by atoms with van der Waals surface area (Å²) in [5.74, 6) is 0. The molecule has 0 aliphatic carbocycles. The Bertz CT molecular complexity index is 490. The van der Waals surface area contributed by atoms with Crippen molar-refractivity contribution in [2.24, 2.45) is 5.10 Å². The maximum Gasteiger partial charge on any atom is 0.0883 e. The molecule has 4 heteroatoms. The van der Waals surface area contributed by atoms with Crippen molar-refractivity contribution in [3.8, 4) is 0 Å². The second kappa shape index (κ2) is 4.06. The van der Waals surface area contributed by atoms with E-state index in [0.29, 0.717) is 6.04 Å². The zero-order valence-corrected chi connectivity index (χ0v) is 9.45. The molecule has 0 radical (unpaired) electrons. The summed E-state index contributed by atoms with van der Waals surface area (Å²) in [7, 11) is 0.